The highest BCUT2D eigenvalue weighted by atomic mass is 19.1. The van der Waals surface area contributed by atoms with Gasteiger partial charge < -0.3 is 4.74 Å². The van der Waals surface area contributed by atoms with Crippen LogP contribution in [0.3, 0.4) is 0 Å². The molecular weight excluding hydrogens is 273 g/mol. The van der Waals surface area contributed by atoms with E-state index in [-0.39, 0.29) is 11.4 Å². The van der Waals surface area contributed by atoms with Gasteiger partial charge >= 0.3 is 0 Å². The summed E-state index contributed by atoms with van der Waals surface area (Å²) in [6.07, 6.45) is 1.78. The number of nitroso groups, excluding NO2 is 1. The van der Waals surface area contributed by atoms with Gasteiger partial charge in [-0.3, -0.25) is 0 Å². The van der Waals surface area contributed by atoms with Gasteiger partial charge in [-0.2, -0.15) is 0 Å². The third-order valence-electron chi connectivity index (χ3n) is 3.47. The summed E-state index contributed by atoms with van der Waals surface area (Å²) in [7, 11) is 3.27. The summed E-state index contributed by atoms with van der Waals surface area (Å²) in [5.41, 5.74) is 3.10. The van der Waals surface area contributed by atoms with Gasteiger partial charge in [0.05, 0.1) is 14.2 Å². The van der Waals surface area contributed by atoms with Crippen molar-refractivity contribution < 1.29 is 13.7 Å². The molecule has 0 aliphatic carbocycles. The lowest BCUT2D eigenvalue weighted by atomic mass is 10.0. The minimum Gasteiger partial charge on any atom is -0.494 e. The third kappa shape index (κ3) is 2.14. The van der Waals surface area contributed by atoms with Crippen LogP contribution < -0.4 is 9.30 Å². The Morgan fingerprint density at radius 3 is 2.76 bits per heavy atom. The maximum atomic E-state index is 13.8. The number of H-pyrrole nitrogens is 1. The Bertz CT molecular complexity index is 842. The molecule has 0 aliphatic rings. The van der Waals surface area contributed by atoms with Crippen LogP contribution in [0.2, 0.25) is 0 Å². The second kappa shape index (κ2) is 4.97. The van der Waals surface area contributed by atoms with E-state index < -0.39 is 5.82 Å². The summed E-state index contributed by atoms with van der Waals surface area (Å²) in [5.74, 6) is -0.323. The zero-order valence-electron chi connectivity index (χ0n) is 11.6. The SMILES string of the molecule is COc1ccc(-c2cc3[nH]c[n+](C)c3cc2N=O)cc1F. The number of aromatic nitrogens is 2. The largest absolute Gasteiger partial charge is 0.494 e. The first-order valence-corrected chi connectivity index (χ1v) is 6.32. The molecule has 0 saturated carbocycles. The van der Waals surface area contributed by atoms with Crippen molar-refractivity contribution in [3.8, 4) is 16.9 Å². The molecule has 0 bridgehead atoms. The molecule has 0 spiro atoms. The standard InChI is InChI=1S/C15H12FN3O2/c1-19-8-17-13-6-10(12(18-20)7-14(13)19)9-3-4-15(21-2)11(16)5-9/h3-8H,1-2H3/p+1. The van der Waals surface area contributed by atoms with E-state index in [1.54, 1.807) is 24.5 Å². The Morgan fingerprint density at radius 2 is 2.10 bits per heavy atom. The quantitative estimate of drug-likeness (QED) is 0.593. The van der Waals surface area contributed by atoms with Gasteiger partial charge in [-0.05, 0) is 28.9 Å². The molecule has 0 aliphatic heterocycles. The molecule has 0 unspecified atom stereocenters. The molecule has 21 heavy (non-hydrogen) atoms. The van der Waals surface area contributed by atoms with E-state index in [9.17, 15) is 9.30 Å². The van der Waals surface area contributed by atoms with E-state index in [4.69, 9.17) is 4.74 Å². The van der Waals surface area contributed by atoms with Crippen molar-refractivity contribution in [2.24, 2.45) is 12.2 Å². The maximum absolute atomic E-state index is 13.8. The van der Waals surface area contributed by atoms with Crippen LogP contribution in [0, 0.1) is 10.7 Å². The van der Waals surface area contributed by atoms with Gasteiger partial charge in [-0.15, -0.1) is 4.91 Å². The summed E-state index contributed by atoms with van der Waals surface area (Å²) in [6.45, 7) is 0. The molecule has 0 amide bonds. The van der Waals surface area contributed by atoms with Gasteiger partial charge in [0.1, 0.15) is 5.69 Å². The lowest BCUT2D eigenvalue weighted by Gasteiger charge is -2.06. The van der Waals surface area contributed by atoms with E-state index in [1.807, 2.05) is 11.6 Å². The molecule has 0 radical (unpaired) electrons. The minimum atomic E-state index is -0.482. The van der Waals surface area contributed by atoms with Crippen LogP contribution >= 0.6 is 0 Å². The Hall–Kier alpha value is -2.76. The topological polar surface area (TPSA) is 58.3 Å². The molecule has 1 heterocycles. The molecule has 0 fully saturated rings. The number of halogens is 1. The van der Waals surface area contributed by atoms with Crippen LogP contribution in [-0.4, -0.2) is 12.1 Å². The molecule has 6 heteroatoms. The van der Waals surface area contributed by atoms with Crippen molar-refractivity contribution in [3.63, 3.8) is 0 Å². The molecule has 3 aromatic rings. The highest BCUT2D eigenvalue weighted by Crippen LogP contribution is 2.34. The Labute approximate surface area is 120 Å². The first-order valence-electron chi connectivity index (χ1n) is 6.32. The van der Waals surface area contributed by atoms with Gasteiger partial charge in [0.2, 0.25) is 6.33 Å². The van der Waals surface area contributed by atoms with E-state index in [1.165, 1.54) is 19.2 Å². The van der Waals surface area contributed by atoms with Gasteiger partial charge in [-0.1, -0.05) is 6.07 Å². The van der Waals surface area contributed by atoms with Crippen molar-refractivity contribution in [2.75, 3.05) is 7.11 Å². The number of imidazole rings is 1. The van der Waals surface area contributed by atoms with Crippen molar-refractivity contribution in [1.82, 2.24) is 4.98 Å². The number of hydrogen-bond acceptors (Lipinski definition) is 3. The van der Waals surface area contributed by atoms with E-state index in [2.05, 4.69) is 10.2 Å². The lowest BCUT2D eigenvalue weighted by molar-refractivity contribution is -0.644. The number of methoxy groups -OCH3 is 1. The van der Waals surface area contributed by atoms with Crippen LogP contribution in [0.4, 0.5) is 10.1 Å². The Balaban J connectivity index is 2.23. The number of benzene rings is 2. The highest BCUT2D eigenvalue weighted by Gasteiger charge is 2.15. The Kier molecular flexibility index (Phi) is 3.13. The predicted octanol–water partition coefficient (Wildman–Crippen LogP) is 3.21. The number of aromatic amines is 1. The molecule has 5 nitrogen and oxygen atoms in total. The molecule has 2 aromatic carbocycles. The van der Waals surface area contributed by atoms with Crippen molar-refractivity contribution in [3.05, 3.63) is 47.4 Å². The third-order valence-corrected chi connectivity index (χ3v) is 3.47. The first-order chi connectivity index (χ1) is 10.1. The van der Waals surface area contributed by atoms with Gasteiger partial charge in [-0.25, -0.2) is 13.9 Å². The van der Waals surface area contributed by atoms with Crippen LogP contribution in [-0.2, 0) is 7.05 Å². The van der Waals surface area contributed by atoms with Gasteiger partial charge in [0.25, 0.3) is 0 Å². The minimum absolute atomic E-state index is 0.159. The number of aryl methyl sites for hydroxylation is 1. The molecular formula is C15H13FN3O2+. The van der Waals surface area contributed by atoms with Crippen LogP contribution in [0.1, 0.15) is 0 Å². The van der Waals surface area contributed by atoms with E-state index >= 15 is 0 Å². The van der Waals surface area contributed by atoms with Crippen LogP contribution in [0.25, 0.3) is 22.2 Å². The zero-order valence-corrected chi connectivity index (χ0v) is 11.6. The molecule has 0 saturated heterocycles. The van der Waals surface area contributed by atoms with Gasteiger partial charge in [0, 0.05) is 11.6 Å². The van der Waals surface area contributed by atoms with Crippen LogP contribution in [0.15, 0.2) is 41.8 Å². The second-order valence-corrected chi connectivity index (χ2v) is 4.71. The monoisotopic (exact) mass is 286 g/mol. The number of nitrogens with zero attached hydrogens (tertiary/aromatic N) is 2. The summed E-state index contributed by atoms with van der Waals surface area (Å²) < 4.78 is 20.6. The predicted molar refractivity (Wildman–Crippen MR) is 76.9 cm³/mol. The normalized spacial score (nSPS) is 10.8. The summed E-state index contributed by atoms with van der Waals surface area (Å²) in [4.78, 5) is 14.2. The van der Waals surface area contributed by atoms with Crippen LogP contribution in [0.5, 0.6) is 5.75 Å². The zero-order chi connectivity index (χ0) is 15.0. The average molecular weight is 286 g/mol. The fraction of sp³-hybridized carbons (Fsp3) is 0.133. The van der Waals surface area contributed by atoms with Crippen molar-refractivity contribution in [2.45, 2.75) is 0 Å². The van der Waals surface area contributed by atoms with Crippen molar-refractivity contribution in [1.29, 1.82) is 0 Å². The van der Waals surface area contributed by atoms with E-state index in [0.717, 1.165) is 11.0 Å². The summed E-state index contributed by atoms with van der Waals surface area (Å²) >= 11 is 0. The summed E-state index contributed by atoms with van der Waals surface area (Å²) in [6, 6.07) is 8.01. The molecule has 0 atom stereocenters. The number of nitrogens with one attached hydrogen (secondary N) is 1. The maximum Gasteiger partial charge on any atom is 0.242 e. The molecule has 1 N–H and O–H groups in total. The molecule has 3 rings (SSSR count). The fourth-order valence-corrected chi connectivity index (χ4v) is 2.36. The first kappa shape index (κ1) is 13.2. The Morgan fingerprint density at radius 1 is 1.29 bits per heavy atom. The number of fused-ring (bicyclic) bond motifs is 1. The summed E-state index contributed by atoms with van der Waals surface area (Å²) in [5, 5.41) is 3.06. The molecule has 106 valence electrons. The van der Waals surface area contributed by atoms with Gasteiger partial charge in [0.15, 0.2) is 22.6 Å². The smallest absolute Gasteiger partial charge is 0.242 e. The fourth-order valence-electron chi connectivity index (χ4n) is 2.36. The average Bonchev–Trinajstić information content (AvgIpc) is 2.86. The number of rotatable bonds is 3. The second-order valence-electron chi connectivity index (χ2n) is 4.71. The lowest BCUT2D eigenvalue weighted by Crippen LogP contribution is -2.24. The number of ether oxygens (including phenoxy) is 1. The van der Waals surface area contributed by atoms with Crippen molar-refractivity contribution >= 4 is 16.7 Å². The van der Waals surface area contributed by atoms with E-state index in [0.29, 0.717) is 11.1 Å². The number of hydrogen-bond donors (Lipinski definition) is 1. The molecule has 1 aromatic heterocycles. The highest BCUT2D eigenvalue weighted by molar-refractivity contribution is 5.88.